The van der Waals surface area contributed by atoms with E-state index in [0.717, 1.165) is 5.69 Å². The van der Waals surface area contributed by atoms with Crippen molar-refractivity contribution in [3.63, 3.8) is 0 Å². The zero-order valence-corrected chi connectivity index (χ0v) is 18.8. The van der Waals surface area contributed by atoms with Crippen LogP contribution >= 0.6 is 23.2 Å². The normalized spacial score (nSPS) is 14.4. The molecule has 6 nitrogen and oxygen atoms in total. The van der Waals surface area contributed by atoms with Crippen molar-refractivity contribution in [2.24, 2.45) is 0 Å². The average molecular weight is 450 g/mol. The molecule has 30 heavy (non-hydrogen) atoms. The van der Waals surface area contributed by atoms with Crippen LogP contribution in [0.25, 0.3) is 0 Å². The van der Waals surface area contributed by atoms with Crippen molar-refractivity contribution in [3.05, 3.63) is 57.6 Å². The van der Waals surface area contributed by atoms with Gasteiger partial charge in [-0.1, -0.05) is 23.2 Å². The first kappa shape index (κ1) is 22.2. The number of carbonyl (C=O) groups excluding carboxylic acids is 2. The van der Waals surface area contributed by atoms with Gasteiger partial charge in [0.05, 0.1) is 17.2 Å². The summed E-state index contributed by atoms with van der Waals surface area (Å²) >= 11 is 12.4. The van der Waals surface area contributed by atoms with Crippen LogP contribution in [0.3, 0.4) is 0 Å². The fraction of sp³-hybridized carbons (Fsp3) is 0.364. The van der Waals surface area contributed by atoms with E-state index in [-0.39, 0.29) is 29.2 Å². The molecule has 0 aliphatic carbocycles. The second-order valence-corrected chi connectivity index (χ2v) is 8.23. The van der Waals surface area contributed by atoms with Crippen molar-refractivity contribution in [3.8, 4) is 5.75 Å². The number of likely N-dealkylation sites (tertiary alicyclic amines) is 1. The van der Waals surface area contributed by atoms with Gasteiger partial charge in [-0.25, -0.2) is 0 Å². The Morgan fingerprint density at radius 3 is 2.20 bits per heavy atom. The molecular formula is C22H25Cl2N3O3. The zero-order valence-electron chi connectivity index (χ0n) is 17.2. The Labute approximate surface area is 186 Å². The predicted octanol–water partition coefficient (Wildman–Crippen LogP) is 4.10. The van der Waals surface area contributed by atoms with Gasteiger partial charge in [-0.15, -0.1) is 0 Å². The third-order valence-electron chi connectivity index (χ3n) is 5.24. The largest absolute Gasteiger partial charge is 0.494 e. The fourth-order valence-corrected chi connectivity index (χ4v) is 3.96. The molecule has 1 aliphatic heterocycles. The number of anilines is 1. The SMILES string of the molecule is COc1c(Cl)ccc(Cl)c1C(=O)N1CCC(NC(=O)c2ccc(N(C)C)cc2)CC1. The minimum absolute atomic E-state index is 0.00630. The lowest BCUT2D eigenvalue weighted by Gasteiger charge is -2.33. The fourth-order valence-electron chi connectivity index (χ4n) is 3.50. The van der Waals surface area contributed by atoms with Gasteiger partial charge in [-0.05, 0) is 49.2 Å². The zero-order chi connectivity index (χ0) is 21.8. The smallest absolute Gasteiger partial charge is 0.259 e. The third kappa shape index (κ3) is 4.82. The van der Waals surface area contributed by atoms with Crippen LogP contribution in [0.15, 0.2) is 36.4 Å². The maximum Gasteiger partial charge on any atom is 0.259 e. The van der Waals surface area contributed by atoms with Gasteiger partial charge in [-0.2, -0.15) is 0 Å². The molecule has 0 bridgehead atoms. The number of carbonyl (C=O) groups is 2. The van der Waals surface area contributed by atoms with Gasteiger partial charge in [0.15, 0.2) is 5.75 Å². The van der Waals surface area contributed by atoms with Gasteiger partial charge >= 0.3 is 0 Å². The summed E-state index contributed by atoms with van der Waals surface area (Å²) < 4.78 is 5.29. The van der Waals surface area contributed by atoms with Crippen LogP contribution in [0, 0.1) is 0 Å². The van der Waals surface area contributed by atoms with Gasteiger partial charge < -0.3 is 19.9 Å². The summed E-state index contributed by atoms with van der Waals surface area (Å²) in [7, 11) is 5.37. The molecule has 0 unspecified atom stereocenters. The Hall–Kier alpha value is -2.44. The summed E-state index contributed by atoms with van der Waals surface area (Å²) in [6.45, 7) is 1.02. The van der Waals surface area contributed by atoms with E-state index in [1.807, 2.05) is 43.3 Å². The highest BCUT2D eigenvalue weighted by atomic mass is 35.5. The van der Waals surface area contributed by atoms with E-state index in [4.69, 9.17) is 27.9 Å². The van der Waals surface area contributed by atoms with Crippen LogP contribution < -0.4 is 15.0 Å². The van der Waals surface area contributed by atoms with Crippen molar-refractivity contribution in [2.75, 3.05) is 39.2 Å². The van der Waals surface area contributed by atoms with E-state index < -0.39 is 0 Å². The number of hydrogen-bond donors (Lipinski definition) is 1. The second kappa shape index (κ2) is 9.58. The minimum Gasteiger partial charge on any atom is -0.494 e. The molecule has 1 aliphatic rings. The molecule has 0 saturated carbocycles. The summed E-state index contributed by atoms with van der Waals surface area (Å²) in [5, 5.41) is 3.71. The van der Waals surface area contributed by atoms with Gasteiger partial charge in [0.25, 0.3) is 11.8 Å². The molecule has 1 heterocycles. The molecule has 160 valence electrons. The predicted molar refractivity (Wildman–Crippen MR) is 120 cm³/mol. The first-order valence-electron chi connectivity index (χ1n) is 9.71. The van der Waals surface area contributed by atoms with Crippen LogP contribution in [0.4, 0.5) is 5.69 Å². The number of amides is 2. The van der Waals surface area contributed by atoms with Crippen molar-refractivity contribution in [1.82, 2.24) is 10.2 Å². The molecule has 0 atom stereocenters. The van der Waals surface area contributed by atoms with Gasteiger partial charge in [0.2, 0.25) is 0 Å². The topological polar surface area (TPSA) is 61.9 Å². The number of nitrogens with zero attached hydrogens (tertiary/aromatic N) is 2. The van der Waals surface area contributed by atoms with E-state index in [9.17, 15) is 9.59 Å². The average Bonchev–Trinajstić information content (AvgIpc) is 2.75. The number of methoxy groups -OCH3 is 1. The van der Waals surface area contributed by atoms with Gasteiger partial charge in [0, 0.05) is 44.5 Å². The van der Waals surface area contributed by atoms with E-state index in [1.54, 1.807) is 17.0 Å². The van der Waals surface area contributed by atoms with Crippen LogP contribution in [-0.4, -0.2) is 57.1 Å². The summed E-state index contributed by atoms with van der Waals surface area (Å²) in [5.74, 6) is -0.0428. The molecule has 2 amide bonds. The molecular weight excluding hydrogens is 425 g/mol. The van der Waals surface area contributed by atoms with Crippen molar-refractivity contribution in [1.29, 1.82) is 0 Å². The molecule has 1 N–H and O–H groups in total. The number of nitrogens with one attached hydrogen (secondary N) is 1. The number of hydrogen-bond acceptors (Lipinski definition) is 4. The Bertz CT molecular complexity index is 924. The molecule has 0 aromatic heterocycles. The molecule has 3 rings (SSSR count). The van der Waals surface area contributed by atoms with E-state index in [1.165, 1.54) is 7.11 Å². The van der Waals surface area contributed by atoms with Gasteiger partial charge in [-0.3, -0.25) is 9.59 Å². The number of piperidine rings is 1. The van der Waals surface area contributed by atoms with E-state index in [0.29, 0.717) is 41.5 Å². The summed E-state index contributed by atoms with van der Waals surface area (Å²) in [6.07, 6.45) is 1.32. The molecule has 8 heteroatoms. The first-order valence-corrected chi connectivity index (χ1v) is 10.5. The minimum atomic E-state index is -0.219. The number of benzene rings is 2. The monoisotopic (exact) mass is 449 g/mol. The first-order chi connectivity index (χ1) is 14.3. The highest BCUT2D eigenvalue weighted by Gasteiger charge is 2.28. The molecule has 0 radical (unpaired) electrons. The highest BCUT2D eigenvalue weighted by molar-refractivity contribution is 6.37. The van der Waals surface area contributed by atoms with Crippen LogP contribution in [0.1, 0.15) is 33.6 Å². The molecule has 1 saturated heterocycles. The molecule has 0 spiro atoms. The van der Waals surface area contributed by atoms with Crippen LogP contribution in [0.5, 0.6) is 5.75 Å². The molecule has 1 fully saturated rings. The lowest BCUT2D eigenvalue weighted by molar-refractivity contribution is 0.0695. The third-order valence-corrected chi connectivity index (χ3v) is 5.85. The number of rotatable bonds is 5. The maximum atomic E-state index is 13.0. The van der Waals surface area contributed by atoms with Gasteiger partial charge in [0.1, 0.15) is 5.56 Å². The molecule has 2 aromatic carbocycles. The van der Waals surface area contributed by atoms with Crippen LogP contribution in [0.2, 0.25) is 10.0 Å². The summed E-state index contributed by atoms with van der Waals surface area (Å²) in [6, 6.07) is 10.7. The second-order valence-electron chi connectivity index (χ2n) is 7.42. The Kier molecular flexibility index (Phi) is 7.10. The number of halogens is 2. The quantitative estimate of drug-likeness (QED) is 0.745. The Morgan fingerprint density at radius 1 is 1.03 bits per heavy atom. The standard InChI is InChI=1S/C22H25Cl2N3O3/c1-26(2)16-6-4-14(5-7-16)21(28)25-15-10-12-27(13-11-15)22(29)19-17(23)8-9-18(24)20(19)30-3/h4-9,15H,10-13H2,1-3H3,(H,25,28). The van der Waals surface area contributed by atoms with Crippen LogP contribution in [-0.2, 0) is 0 Å². The van der Waals surface area contributed by atoms with Crippen molar-refractivity contribution < 1.29 is 14.3 Å². The van der Waals surface area contributed by atoms with Crippen molar-refractivity contribution >= 4 is 40.7 Å². The van der Waals surface area contributed by atoms with Crippen molar-refractivity contribution in [2.45, 2.75) is 18.9 Å². The highest BCUT2D eigenvalue weighted by Crippen LogP contribution is 2.35. The Balaban J connectivity index is 1.60. The lowest BCUT2D eigenvalue weighted by Crippen LogP contribution is -2.46. The maximum absolute atomic E-state index is 13.0. The van der Waals surface area contributed by atoms with E-state index in [2.05, 4.69) is 5.32 Å². The summed E-state index contributed by atoms with van der Waals surface area (Å²) in [5.41, 5.74) is 1.93. The number of ether oxygens (including phenoxy) is 1. The summed E-state index contributed by atoms with van der Waals surface area (Å²) in [4.78, 5) is 29.2. The van der Waals surface area contributed by atoms with E-state index >= 15 is 0 Å². The lowest BCUT2D eigenvalue weighted by atomic mass is 10.0. The molecule has 2 aromatic rings. The Morgan fingerprint density at radius 2 is 1.63 bits per heavy atom.